The molecule has 0 saturated heterocycles. The molecule has 116 valence electrons. The first-order valence-corrected chi connectivity index (χ1v) is 7.70. The molecule has 1 amide bonds. The molecule has 0 fully saturated rings. The second-order valence-corrected chi connectivity index (χ2v) is 5.88. The summed E-state index contributed by atoms with van der Waals surface area (Å²) in [4.78, 5) is 12.0. The molecule has 0 unspecified atom stereocenters. The number of carbonyl (C=O) groups excluding carboxylic acids is 1. The van der Waals surface area contributed by atoms with E-state index in [0.29, 0.717) is 5.02 Å². The Hall–Kier alpha value is -1.84. The summed E-state index contributed by atoms with van der Waals surface area (Å²) in [5.41, 5.74) is 4.18. The van der Waals surface area contributed by atoms with Crippen molar-refractivity contribution < 1.29 is 4.79 Å². The highest BCUT2D eigenvalue weighted by atomic mass is 35.5. The van der Waals surface area contributed by atoms with Crippen LogP contribution in [-0.4, -0.2) is 12.5 Å². The Bertz CT molecular complexity index is 670. The minimum absolute atomic E-state index is 0.0132. The summed E-state index contributed by atoms with van der Waals surface area (Å²) in [6, 6.07) is 13.6. The van der Waals surface area contributed by atoms with E-state index in [2.05, 4.69) is 10.6 Å². The van der Waals surface area contributed by atoms with Crippen molar-refractivity contribution in [3.05, 3.63) is 64.2 Å². The van der Waals surface area contributed by atoms with Gasteiger partial charge in [0, 0.05) is 16.8 Å². The highest BCUT2D eigenvalue weighted by Crippen LogP contribution is 2.21. The fourth-order valence-electron chi connectivity index (χ4n) is 2.21. The molecule has 0 radical (unpaired) electrons. The molecule has 2 aromatic carbocycles. The number of hydrogen-bond acceptors (Lipinski definition) is 2. The maximum Gasteiger partial charge on any atom is 0.238 e. The molecule has 0 bridgehead atoms. The van der Waals surface area contributed by atoms with Gasteiger partial charge in [-0.25, -0.2) is 0 Å². The SMILES string of the molecule is Cc1ccc(NC(=O)CN[C@H](C)c2ccccc2Cl)cc1C. The average Bonchev–Trinajstić information content (AvgIpc) is 2.49. The molecule has 4 heteroatoms. The van der Waals surface area contributed by atoms with Crippen LogP contribution in [0.3, 0.4) is 0 Å². The first-order valence-electron chi connectivity index (χ1n) is 7.32. The second-order valence-electron chi connectivity index (χ2n) is 5.47. The number of amides is 1. The van der Waals surface area contributed by atoms with E-state index in [-0.39, 0.29) is 18.5 Å². The lowest BCUT2D eigenvalue weighted by molar-refractivity contribution is -0.115. The van der Waals surface area contributed by atoms with E-state index in [4.69, 9.17) is 11.6 Å². The van der Waals surface area contributed by atoms with Gasteiger partial charge in [0.25, 0.3) is 0 Å². The Kier molecular flexibility index (Phi) is 5.58. The van der Waals surface area contributed by atoms with E-state index in [9.17, 15) is 4.79 Å². The normalized spacial score (nSPS) is 12.0. The predicted molar refractivity (Wildman–Crippen MR) is 92.4 cm³/mol. The number of nitrogens with one attached hydrogen (secondary N) is 2. The number of halogens is 1. The van der Waals surface area contributed by atoms with Crippen LogP contribution in [0.2, 0.25) is 5.02 Å². The maximum absolute atomic E-state index is 12.0. The molecule has 2 N–H and O–H groups in total. The summed E-state index contributed by atoms with van der Waals surface area (Å²) < 4.78 is 0. The van der Waals surface area contributed by atoms with E-state index in [0.717, 1.165) is 16.8 Å². The van der Waals surface area contributed by atoms with Crippen molar-refractivity contribution in [2.75, 3.05) is 11.9 Å². The van der Waals surface area contributed by atoms with Crippen molar-refractivity contribution in [3.8, 4) is 0 Å². The molecule has 0 aromatic heterocycles. The quantitative estimate of drug-likeness (QED) is 0.866. The summed E-state index contributed by atoms with van der Waals surface area (Å²) in [6.07, 6.45) is 0. The third kappa shape index (κ3) is 4.33. The lowest BCUT2D eigenvalue weighted by atomic mass is 10.1. The molecular formula is C18H21ClN2O. The predicted octanol–water partition coefficient (Wildman–Crippen LogP) is 4.25. The number of benzene rings is 2. The van der Waals surface area contributed by atoms with Crippen molar-refractivity contribution in [1.82, 2.24) is 5.32 Å². The molecular weight excluding hydrogens is 296 g/mol. The van der Waals surface area contributed by atoms with Crippen LogP contribution in [0.4, 0.5) is 5.69 Å². The van der Waals surface area contributed by atoms with Gasteiger partial charge in [-0.1, -0.05) is 35.9 Å². The van der Waals surface area contributed by atoms with Crippen molar-refractivity contribution in [2.45, 2.75) is 26.8 Å². The largest absolute Gasteiger partial charge is 0.325 e. The van der Waals surface area contributed by atoms with Gasteiger partial charge in [-0.05, 0) is 55.7 Å². The molecule has 22 heavy (non-hydrogen) atoms. The molecule has 2 aromatic rings. The van der Waals surface area contributed by atoms with Crippen molar-refractivity contribution in [2.24, 2.45) is 0 Å². The first kappa shape index (κ1) is 16.5. The molecule has 0 saturated carbocycles. The summed E-state index contributed by atoms with van der Waals surface area (Å²) in [6.45, 7) is 6.31. The Morgan fingerprint density at radius 1 is 1.14 bits per heavy atom. The van der Waals surface area contributed by atoms with Gasteiger partial charge in [-0.3, -0.25) is 4.79 Å². The van der Waals surface area contributed by atoms with Gasteiger partial charge in [0.1, 0.15) is 0 Å². The zero-order chi connectivity index (χ0) is 16.1. The van der Waals surface area contributed by atoms with Gasteiger partial charge < -0.3 is 10.6 Å². The molecule has 1 atom stereocenters. The standard InChI is InChI=1S/C18H21ClN2O/c1-12-8-9-15(10-13(12)2)21-18(22)11-20-14(3)16-6-4-5-7-17(16)19/h4-10,14,20H,11H2,1-3H3,(H,21,22)/t14-/m1/s1. The van der Waals surface area contributed by atoms with Gasteiger partial charge in [-0.2, -0.15) is 0 Å². The van der Waals surface area contributed by atoms with Gasteiger partial charge in [0.15, 0.2) is 0 Å². The van der Waals surface area contributed by atoms with Gasteiger partial charge in [-0.15, -0.1) is 0 Å². The summed E-state index contributed by atoms with van der Waals surface area (Å²) >= 11 is 6.16. The Morgan fingerprint density at radius 2 is 1.86 bits per heavy atom. The van der Waals surface area contributed by atoms with Crippen LogP contribution in [0.1, 0.15) is 29.7 Å². The molecule has 0 heterocycles. The lowest BCUT2D eigenvalue weighted by Crippen LogP contribution is -2.30. The van der Waals surface area contributed by atoms with Crippen LogP contribution in [-0.2, 0) is 4.79 Å². The first-order chi connectivity index (χ1) is 10.5. The molecule has 3 nitrogen and oxygen atoms in total. The van der Waals surface area contributed by atoms with Crippen LogP contribution in [0, 0.1) is 13.8 Å². The third-order valence-electron chi connectivity index (χ3n) is 3.73. The molecule has 2 rings (SSSR count). The number of rotatable bonds is 5. The minimum atomic E-state index is -0.0674. The van der Waals surface area contributed by atoms with Crippen LogP contribution in [0.5, 0.6) is 0 Å². The van der Waals surface area contributed by atoms with Crippen molar-refractivity contribution in [3.63, 3.8) is 0 Å². The van der Waals surface area contributed by atoms with E-state index in [1.54, 1.807) is 0 Å². The van der Waals surface area contributed by atoms with Crippen molar-refractivity contribution >= 4 is 23.2 Å². The highest BCUT2D eigenvalue weighted by molar-refractivity contribution is 6.31. The topological polar surface area (TPSA) is 41.1 Å². The third-order valence-corrected chi connectivity index (χ3v) is 4.08. The monoisotopic (exact) mass is 316 g/mol. The summed E-state index contributed by atoms with van der Waals surface area (Å²) in [7, 11) is 0. The van der Waals surface area contributed by atoms with E-state index in [1.165, 1.54) is 5.56 Å². The van der Waals surface area contributed by atoms with Crippen LogP contribution >= 0.6 is 11.6 Å². The van der Waals surface area contributed by atoms with Gasteiger partial charge in [0.05, 0.1) is 6.54 Å². The Labute approximate surface area is 136 Å². The fourth-order valence-corrected chi connectivity index (χ4v) is 2.51. The molecule has 0 aliphatic carbocycles. The van der Waals surface area contributed by atoms with Crippen LogP contribution in [0.25, 0.3) is 0 Å². The van der Waals surface area contributed by atoms with Gasteiger partial charge in [0.2, 0.25) is 5.91 Å². The van der Waals surface area contributed by atoms with E-state index in [1.807, 2.05) is 63.2 Å². The molecule has 0 aliphatic heterocycles. The van der Waals surface area contributed by atoms with E-state index < -0.39 is 0 Å². The smallest absolute Gasteiger partial charge is 0.238 e. The molecule has 0 spiro atoms. The van der Waals surface area contributed by atoms with Crippen molar-refractivity contribution in [1.29, 1.82) is 0 Å². The minimum Gasteiger partial charge on any atom is -0.325 e. The maximum atomic E-state index is 12.0. The average molecular weight is 317 g/mol. The number of aryl methyl sites for hydroxylation is 2. The Balaban J connectivity index is 1.90. The van der Waals surface area contributed by atoms with Crippen LogP contribution < -0.4 is 10.6 Å². The highest BCUT2D eigenvalue weighted by Gasteiger charge is 2.10. The zero-order valence-corrected chi connectivity index (χ0v) is 13.9. The Morgan fingerprint density at radius 3 is 2.55 bits per heavy atom. The number of hydrogen-bond donors (Lipinski definition) is 2. The van der Waals surface area contributed by atoms with Crippen LogP contribution in [0.15, 0.2) is 42.5 Å². The van der Waals surface area contributed by atoms with Gasteiger partial charge >= 0.3 is 0 Å². The fraction of sp³-hybridized carbons (Fsp3) is 0.278. The number of anilines is 1. The lowest BCUT2D eigenvalue weighted by Gasteiger charge is -2.15. The summed E-state index contributed by atoms with van der Waals surface area (Å²) in [5.74, 6) is -0.0674. The molecule has 0 aliphatic rings. The van der Waals surface area contributed by atoms with E-state index >= 15 is 0 Å². The zero-order valence-electron chi connectivity index (χ0n) is 13.1. The summed E-state index contributed by atoms with van der Waals surface area (Å²) in [5, 5.41) is 6.79. The number of carbonyl (C=O) groups is 1. The second kappa shape index (κ2) is 7.43.